The number of alkyl halides is 3. The van der Waals surface area contributed by atoms with Crippen molar-refractivity contribution in [2.24, 2.45) is 4.99 Å². The van der Waals surface area contributed by atoms with E-state index in [1.54, 1.807) is 18.3 Å². The summed E-state index contributed by atoms with van der Waals surface area (Å²) in [6.07, 6.45) is -1.12. The molecule has 1 saturated heterocycles. The molecule has 0 aliphatic carbocycles. The van der Waals surface area contributed by atoms with Crippen LogP contribution in [0.3, 0.4) is 0 Å². The first-order valence-electron chi connectivity index (χ1n) is 11.7. The lowest BCUT2D eigenvalue weighted by Gasteiger charge is -2.45. The van der Waals surface area contributed by atoms with Gasteiger partial charge in [-0.2, -0.15) is 23.3 Å². The highest BCUT2D eigenvalue weighted by Gasteiger charge is 2.36. The molecule has 2 aliphatic heterocycles. The molecule has 11 heteroatoms. The van der Waals surface area contributed by atoms with E-state index < -0.39 is 11.7 Å². The number of piperazine rings is 1. The number of fused-ring (bicyclic) bond motifs is 1. The molecule has 1 amide bonds. The first-order valence-corrected chi connectivity index (χ1v) is 12.9. The maximum absolute atomic E-state index is 13.5. The van der Waals surface area contributed by atoms with Crippen molar-refractivity contribution in [2.45, 2.75) is 32.1 Å². The summed E-state index contributed by atoms with van der Waals surface area (Å²) in [4.78, 5) is 21.9. The largest absolute Gasteiger partial charge is 0.416 e. The van der Waals surface area contributed by atoms with Crippen molar-refractivity contribution in [2.75, 3.05) is 26.7 Å². The molecule has 0 radical (unpaired) electrons. The smallest absolute Gasteiger partial charge is 0.348 e. The summed E-state index contributed by atoms with van der Waals surface area (Å²) in [5, 5.41) is 5.81. The standard InChI is InChI=1S/C26H25ClF3N5OS/c1-25(2)15-34(9-8-33(25)3)24-32-23(36)22(37-24)11-16-4-7-21-18(10-16)13-31-35(21)14-17-5-6-19(27)12-20(17)26(28,29)30/h4-7,10-13H,8-9,14-15H2,1-3H3. The van der Waals surface area contributed by atoms with Gasteiger partial charge in [0.2, 0.25) is 0 Å². The van der Waals surface area contributed by atoms with Crippen LogP contribution < -0.4 is 0 Å². The van der Waals surface area contributed by atoms with E-state index in [0.29, 0.717) is 10.4 Å². The van der Waals surface area contributed by atoms with E-state index in [9.17, 15) is 18.0 Å². The van der Waals surface area contributed by atoms with Crippen LogP contribution in [0, 0.1) is 0 Å². The van der Waals surface area contributed by atoms with Gasteiger partial charge in [0.25, 0.3) is 5.91 Å². The van der Waals surface area contributed by atoms with Crippen LogP contribution >= 0.6 is 23.4 Å². The number of amidine groups is 1. The van der Waals surface area contributed by atoms with Crippen molar-refractivity contribution in [1.29, 1.82) is 0 Å². The summed E-state index contributed by atoms with van der Waals surface area (Å²) in [6, 6.07) is 9.24. The van der Waals surface area contributed by atoms with E-state index in [4.69, 9.17) is 11.6 Å². The minimum Gasteiger partial charge on any atom is -0.348 e. The molecule has 3 heterocycles. The predicted molar refractivity (Wildman–Crippen MR) is 142 cm³/mol. The molecule has 1 fully saturated rings. The van der Waals surface area contributed by atoms with Crippen LogP contribution in [0.25, 0.3) is 17.0 Å². The van der Waals surface area contributed by atoms with E-state index in [1.165, 1.54) is 28.6 Å². The number of carbonyl (C=O) groups excluding carboxylic acids is 1. The van der Waals surface area contributed by atoms with Crippen LogP contribution in [0.4, 0.5) is 13.2 Å². The lowest BCUT2D eigenvalue weighted by molar-refractivity contribution is -0.138. The maximum Gasteiger partial charge on any atom is 0.416 e. The monoisotopic (exact) mass is 547 g/mol. The van der Waals surface area contributed by atoms with Gasteiger partial charge in [-0.25, -0.2) is 0 Å². The number of nitrogens with zero attached hydrogens (tertiary/aromatic N) is 5. The van der Waals surface area contributed by atoms with Gasteiger partial charge in [-0.15, -0.1) is 0 Å². The number of hydrogen-bond acceptors (Lipinski definition) is 5. The number of aromatic nitrogens is 2. The van der Waals surface area contributed by atoms with Crippen LogP contribution in [0.5, 0.6) is 0 Å². The average molecular weight is 548 g/mol. The van der Waals surface area contributed by atoms with E-state index in [2.05, 4.69) is 40.8 Å². The van der Waals surface area contributed by atoms with Gasteiger partial charge in [-0.1, -0.05) is 23.7 Å². The van der Waals surface area contributed by atoms with Crippen molar-refractivity contribution in [1.82, 2.24) is 19.6 Å². The van der Waals surface area contributed by atoms with E-state index in [0.717, 1.165) is 41.8 Å². The summed E-state index contributed by atoms with van der Waals surface area (Å²) >= 11 is 7.17. The van der Waals surface area contributed by atoms with Crippen molar-refractivity contribution >= 4 is 51.4 Å². The molecule has 2 aliphatic rings. The molecule has 1 aromatic heterocycles. The molecule has 2 aromatic carbocycles. The van der Waals surface area contributed by atoms with Gasteiger partial charge in [0.05, 0.1) is 28.7 Å². The van der Waals surface area contributed by atoms with Crippen molar-refractivity contribution < 1.29 is 18.0 Å². The molecule has 0 bridgehead atoms. The highest BCUT2D eigenvalue weighted by Crippen LogP contribution is 2.35. The summed E-state index contributed by atoms with van der Waals surface area (Å²) in [6.45, 7) is 6.77. The Morgan fingerprint density at radius 2 is 1.95 bits per heavy atom. The minimum atomic E-state index is -4.52. The quantitative estimate of drug-likeness (QED) is 0.391. The lowest BCUT2D eigenvalue weighted by atomic mass is 10.0. The third kappa shape index (κ3) is 5.28. The number of benzene rings is 2. The number of likely N-dealkylation sites (N-methyl/N-ethyl adjacent to an activating group) is 1. The fraction of sp³-hybridized carbons (Fsp3) is 0.346. The Bertz CT molecular complexity index is 1450. The van der Waals surface area contributed by atoms with Gasteiger partial charge in [0.15, 0.2) is 5.17 Å². The molecule has 194 valence electrons. The first kappa shape index (κ1) is 25.8. The Labute approximate surface area is 221 Å². The highest BCUT2D eigenvalue weighted by atomic mass is 35.5. The number of amides is 1. The molecule has 0 saturated carbocycles. The van der Waals surface area contributed by atoms with Crippen LogP contribution in [0.1, 0.15) is 30.5 Å². The Kier molecular flexibility index (Phi) is 6.62. The number of rotatable bonds is 3. The summed E-state index contributed by atoms with van der Waals surface area (Å²) in [7, 11) is 2.10. The SMILES string of the molecule is CN1CCN(C2=NC(=O)C(=Cc3ccc4c(cnn4Cc4ccc(Cl)cc4C(F)(F)F)c3)S2)CC1(C)C. The van der Waals surface area contributed by atoms with Gasteiger partial charge in [0, 0.05) is 35.6 Å². The van der Waals surface area contributed by atoms with E-state index >= 15 is 0 Å². The zero-order chi connectivity index (χ0) is 26.5. The second-order valence-corrected chi connectivity index (χ2v) is 11.3. The number of halogens is 4. The van der Waals surface area contributed by atoms with Gasteiger partial charge in [-0.3, -0.25) is 14.4 Å². The summed E-state index contributed by atoms with van der Waals surface area (Å²) in [5.41, 5.74) is 0.765. The molecule has 0 unspecified atom stereocenters. The number of thioether (sulfide) groups is 1. The zero-order valence-electron chi connectivity index (χ0n) is 20.5. The number of aliphatic imine (C=N–C) groups is 1. The molecule has 37 heavy (non-hydrogen) atoms. The van der Waals surface area contributed by atoms with Crippen LogP contribution in [-0.4, -0.2) is 62.9 Å². The van der Waals surface area contributed by atoms with Crippen molar-refractivity contribution in [3.8, 4) is 0 Å². The normalized spacial score (nSPS) is 19.8. The minimum absolute atomic E-state index is 0.0189. The van der Waals surface area contributed by atoms with Crippen LogP contribution in [0.2, 0.25) is 5.02 Å². The third-order valence-electron chi connectivity index (χ3n) is 6.86. The fourth-order valence-electron chi connectivity index (χ4n) is 4.52. The fourth-order valence-corrected chi connectivity index (χ4v) is 5.63. The van der Waals surface area contributed by atoms with Crippen LogP contribution in [-0.2, 0) is 17.5 Å². The highest BCUT2D eigenvalue weighted by molar-refractivity contribution is 8.18. The number of hydrogen-bond donors (Lipinski definition) is 0. The first-order chi connectivity index (χ1) is 17.4. The molecular weight excluding hydrogens is 523 g/mol. The second kappa shape index (κ2) is 9.49. The van der Waals surface area contributed by atoms with Crippen LogP contribution in [0.15, 0.2) is 52.5 Å². The molecule has 0 atom stereocenters. The topological polar surface area (TPSA) is 53.7 Å². The van der Waals surface area contributed by atoms with Gasteiger partial charge >= 0.3 is 6.18 Å². The molecule has 3 aromatic rings. The Morgan fingerprint density at radius 3 is 2.68 bits per heavy atom. The Balaban J connectivity index is 1.35. The van der Waals surface area contributed by atoms with Crippen molar-refractivity contribution in [3.63, 3.8) is 0 Å². The van der Waals surface area contributed by atoms with E-state index in [-0.39, 0.29) is 28.6 Å². The molecule has 0 spiro atoms. The third-order valence-corrected chi connectivity index (χ3v) is 8.14. The van der Waals surface area contributed by atoms with E-state index in [1.807, 2.05) is 12.1 Å². The lowest BCUT2D eigenvalue weighted by Crippen LogP contribution is -2.58. The van der Waals surface area contributed by atoms with Crippen molar-refractivity contribution in [3.05, 3.63) is 69.2 Å². The molecule has 0 N–H and O–H groups in total. The second-order valence-electron chi connectivity index (χ2n) is 9.89. The Morgan fingerprint density at radius 1 is 1.16 bits per heavy atom. The summed E-state index contributed by atoms with van der Waals surface area (Å²) < 4.78 is 42.1. The van der Waals surface area contributed by atoms with Gasteiger partial charge in [-0.05, 0) is 74.1 Å². The zero-order valence-corrected chi connectivity index (χ0v) is 22.1. The maximum atomic E-state index is 13.5. The van der Waals surface area contributed by atoms with Gasteiger partial charge < -0.3 is 4.90 Å². The average Bonchev–Trinajstić information content (AvgIpc) is 3.39. The Hall–Kier alpha value is -2.82. The summed E-state index contributed by atoms with van der Waals surface area (Å²) in [5.74, 6) is -0.269. The molecular formula is C26H25ClF3N5OS. The van der Waals surface area contributed by atoms with Gasteiger partial charge in [0.1, 0.15) is 0 Å². The molecule has 5 rings (SSSR count). The predicted octanol–water partition coefficient (Wildman–Crippen LogP) is 5.75. The molecule has 6 nitrogen and oxygen atoms in total. The number of carbonyl (C=O) groups is 1.